The van der Waals surface area contributed by atoms with Crippen LogP contribution in [-0.2, 0) is 11.3 Å². The van der Waals surface area contributed by atoms with Gasteiger partial charge in [0, 0.05) is 32.2 Å². The van der Waals surface area contributed by atoms with E-state index >= 15 is 0 Å². The van der Waals surface area contributed by atoms with Crippen molar-refractivity contribution in [2.24, 2.45) is 0 Å². The molecule has 1 aliphatic heterocycles. The first-order valence-electron chi connectivity index (χ1n) is 8.76. The lowest BCUT2D eigenvalue weighted by molar-refractivity contribution is -0.0781. The molecule has 1 aliphatic rings. The molecular weight excluding hydrogens is 321 g/mol. The van der Waals surface area contributed by atoms with Crippen LogP contribution in [-0.4, -0.2) is 57.5 Å². The topological polar surface area (TPSA) is 55.2 Å². The van der Waals surface area contributed by atoms with E-state index in [-0.39, 0.29) is 18.0 Å². The Morgan fingerprint density at radius 1 is 1.32 bits per heavy atom. The Bertz CT molecular complexity index is 668. The van der Waals surface area contributed by atoms with Crippen molar-refractivity contribution in [3.63, 3.8) is 0 Å². The van der Waals surface area contributed by atoms with Gasteiger partial charge < -0.3 is 10.1 Å². The van der Waals surface area contributed by atoms with Gasteiger partial charge in [0.15, 0.2) is 0 Å². The largest absolute Gasteiger partial charge is 0.373 e. The highest BCUT2D eigenvalue weighted by molar-refractivity contribution is 5.35. The molecule has 0 radical (unpaired) electrons. The molecule has 0 saturated carbocycles. The minimum atomic E-state index is -0.298. The highest BCUT2D eigenvalue weighted by atomic mass is 19.1. The van der Waals surface area contributed by atoms with E-state index in [0.717, 1.165) is 25.2 Å². The zero-order chi connectivity index (χ0) is 17.8. The van der Waals surface area contributed by atoms with Gasteiger partial charge >= 0.3 is 0 Å². The minimum absolute atomic E-state index is 0.268. The fourth-order valence-electron chi connectivity index (χ4n) is 3.31. The molecule has 2 heterocycles. The molecular formula is C18H26FN5O. The summed E-state index contributed by atoms with van der Waals surface area (Å²) in [5.74, 6) is -0.298. The fraction of sp³-hybridized carbons (Fsp3) is 0.556. The first kappa shape index (κ1) is 18.0. The summed E-state index contributed by atoms with van der Waals surface area (Å²) < 4.78 is 21.4. The summed E-state index contributed by atoms with van der Waals surface area (Å²) in [6.45, 7) is 9.83. The van der Waals surface area contributed by atoms with E-state index in [4.69, 9.17) is 4.74 Å². The number of morpholine rings is 1. The van der Waals surface area contributed by atoms with Crippen molar-refractivity contribution in [1.29, 1.82) is 0 Å². The highest BCUT2D eigenvalue weighted by Crippen LogP contribution is 2.15. The maximum atomic E-state index is 14.2. The van der Waals surface area contributed by atoms with Crippen molar-refractivity contribution in [2.45, 2.75) is 45.6 Å². The van der Waals surface area contributed by atoms with Crippen LogP contribution in [0.15, 0.2) is 30.9 Å². The summed E-state index contributed by atoms with van der Waals surface area (Å²) in [7, 11) is 0. The normalized spacial score (nSPS) is 22.9. The van der Waals surface area contributed by atoms with E-state index in [1.807, 2.05) is 6.07 Å². The minimum Gasteiger partial charge on any atom is -0.373 e. The van der Waals surface area contributed by atoms with Crippen LogP contribution in [0.3, 0.4) is 0 Å². The molecule has 1 saturated heterocycles. The third-order valence-electron chi connectivity index (χ3n) is 4.52. The standard InChI is InChI=1S/C18H26FN5O/c1-13(23-9-14(2)25-15(3)10-23)7-20-8-16-4-5-18(17(19)6-16)24-12-21-11-22-24/h4-6,11-15,20H,7-10H2,1-3H3/t13-,14-,15-/m1/s1. The number of hydrogen-bond donors (Lipinski definition) is 1. The molecule has 1 fully saturated rings. The number of rotatable bonds is 6. The second-order valence-electron chi connectivity index (χ2n) is 6.82. The maximum Gasteiger partial charge on any atom is 0.149 e. The summed E-state index contributed by atoms with van der Waals surface area (Å²) in [4.78, 5) is 6.29. The summed E-state index contributed by atoms with van der Waals surface area (Å²) in [6.07, 6.45) is 3.42. The van der Waals surface area contributed by atoms with Crippen molar-refractivity contribution in [3.05, 3.63) is 42.2 Å². The number of ether oxygens (including phenoxy) is 1. The third-order valence-corrected chi connectivity index (χ3v) is 4.52. The lowest BCUT2D eigenvalue weighted by Gasteiger charge is -2.39. The number of aromatic nitrogens is 3. The lowest BCUT2D eigenvalue weighted by Crippen LogP contribution is -2.51. The van der Waals surface area contributed by atoms with Gasteiger partial charge in [0.25, 0.3) is 0 Å². The van der Waals surface area contributed by atoms with E-state index in [9.17, 15) is 4.39 Å². The van der Waals surface area contributed by atoms with Gasteiger partial charge in [-0.1, -0.05) is 6.07 Å². The second-order valence-corrected chi connectivity index (χ2v) is 6.82. The quantitative estimate of drug-likeness (QED) is 0.866. The molecule has 2 aromatic rings. The molecule has 1 N–H and O–H groups in total. The van der Waals surface area contributed by atoms with Crippen LogP contribution in [0.1, 0.15) is 26.3 Å². The zero-order valence-electron chi connectivity index (χ0n) is 15.0. The Balaban J connectivity index is 1.51. The Morgan fingerprint density at radius 3 is 2.72 bits per heavy atom. The lowest BCUT2D eigenvalue weighted by atomic mass is 10.1. The van der Waals surface area contributed by atoms with Crippen molar-refractivity contribution < 1.29 is 9.13 Å². The molecule has 0 spiro atoms. The molecule has 0 aliphatic carbocycles. The molecule has 3 atom stereocenters. The van der Waals surface area contributed by atoms with E-state index in [2.05, 4.69) is 41.1 Å². The van der Waals surface area contributed by atoms with Crippen LogP contribution in [0.4, 0.5) is 4.39 Å². The van der Waals surface area contributed by atoms with Gasteiger partial charge in [-0.2, -0.15) is 5.10 Å². The molecule has 1 aromatic heterocycles. The predicted octanol–water partition coefficient (Wildman–Crippen LogP) is 1.99. The molecule has 3 rings (SSSR count). The van der Waals surface area contributed by atoms with E-state index in [1.165, 1.54) is 17.3 Å². The fourth-order valence-corrected chi connectivity index (χ4v) is 3.31. The molecule has 1 aromatic carbocycles. The Labute approximate surface area is 148 Å². The van der Waals surface area contributed by atoms with Crippen LogP contribution in [0.25, 0.3) is 5.69 Å². The summed E-state index contributed by atoms with van der Waals surface area (Å²) >= 11 is 0. The zero-order valence-corrected chi connectivity index (χ0v) is 15.0. The van der Waals surface area contributed by atoms with Gasteiger partial charge in [0.2, 0.25) is 0 Å². The van der Waals surface area contributed by atoms with E-state index in [1.54, 1.807) is 12.1 Å². The van der Waals surface area contributed by atoms with Gasteiger partial charge in [-0.25, -0.2) is 14.1 Å². The number of halogens is 1. The predicted molar refractivity (Wildman–Crippen MR) is 94.1 cm³/mol. The average Bonchev–Trinajstić information content (AvgIpc) is 3.08. The number of nitrogens with zero attached hydrogens (tertiary/aromatic N) is 4. The maximum absolute atomic E-state index is 14.2. The average molecular weight is 347 g/mol. The first-order valence-corrected chi connectivity index (χ1v) is 8.76. The van der Waals surface area contributed by atoms with E-state index in [0.29, 0.717) is 18.3 Å². The molecule has 7 heteroatoms. The molecule has 25 heavy (non-hydrogen) atoms. The number of benzene rings is 1. The van der Waals surface area contributed by atoms with Crippen molar-refractivity contribution >= 4 is 0 Å². The van der Waals surface area contributed by atoms with Crippen LogP contribution in [0.2, 0.25) is 0 Å². The van der Waals surface area contributed by atoms with Gasteiger partial charge in [0.1, 0.15) is 24.2 Å². The molecule has 0 bridgehead atoms. The van der Waals surface area contributed by atoms with Crippen LogP contribution >= 0.6 is 0 Å². The van der Waals surface area contributed by atoms with Crippen molar-refractivity contribution in [2.75, 3.05) is 19.6 Å². The van der Waals surface area contributed by atoms with Gasteiger partial charge in [-0.3, -0.25) is 4.90 Å². The van der Waals surface area contributed by atoms with Gasteiger partial charge in [-0.15, -0.1) is 0 Å². The van der Waals surface area contributed by atoms with Crippen molar-refractivity contribution in [3.8, 4) is 5.69 Å². The summed E-state index contributed by atoms with van der Waals surface area (Å²) in [5, 5.41) is 7.39. The van der Waals surface area contributed by atoms with Crippen LogP contribution in [0, 0.1) is 5.82 Å². The third kappa shape index (κ3) is 4.62. The number of nitrogens with one attached hydrogen (secondary N) is 1. The summed E-state index contributed by atoms with van der Waals surface area (Å²) in [5.41, 5.74) is 1.32. The molecule has 136 valence electrons. The Kier molecular flexibility index (Phi) is 5.78. The highest BCUT2D eigenvalue weighted by Gasteiger charge is 2.25. The Morgan fingerprint density at radius 2 is 2.08 bits per heavy atom. The van der Waals surface area contributed by atoms with E-state index < -0.39 is 0 Å². The van der Waals surface area contributed by atoms with Crippen LogP contribution < -0.4 is 5.32 Å². The molecule has 6 nitrogen and oxygen atoms in total. The molecule has 0 amide bonds. The first-order chi connectivity index (χ1) is 12.0. The van der Waals surface area contributed by atoms with Gasteiger partial charge in [0.05, 0.1) is 12.2 Å². The second kappa shape index (κ2) is 8.03. The smallest absolute Gasteiger partial charge is 0.149 e. The number of hydrogen-bond acceptors (Lipinski definition) is 5. The summed E-state index contributed by atoms with van der Waals surface area (Å²) in [6, 6.07) is 5.60. The molecule has 0 unspecified atom stereocenters. The van der Waals surface area contributed by atoms with Crippen molar-refractivity contribution in [1.82, 2.24) is 25.0 Å². The monoisotopic (exact) mass is 347 g/mol. The van der Waals surface area contributed by atoms with Crippen LogP contribution in [0.5, 0.6) is 0 Å². The SMILES string of the molecule is C[C@@H]1CN([C@H](C)CNCc2ccc(-n3cncn3)c(F)c2)C[C@@H](C)O1. The van der Waals surface area contributed by atoms with Gasteiger partial charge in [-0.05, 0) is 38.5 Å². The Hall–Kier alpha value is -1.83.